The molecule has 0 aliphatic carbocycles. The summed E-state index contributed by atoms with van der Waals surface area (Å²) in [5.41, 5.74) is 0. The van der Waals surface area contributed by atoms with E-state index < -0.39 is 0 Å². The van der Waals surface area contributed by atoms with Crippen LogP contribution in [0.1, 0.15) is 13.3 Å². The van der Waals surface area contributed by atoms with Gasteiger partial charge in [0.05, 0.1) is 0 Å². The van der Waals surface area contributed by atoms with Crippen LogP contribution in [0.15, 0.2) is 11.6 Å². The molecule has 1 heterocycles. The molecule has 1 N–H and O–H groups in total. The van der Waals surface area contributed by atoms with Crippen LogP contribution in [0.5, 0.6) is 0 Å². The average Bonchev–Trinajstić information content (AvgIpc) is 2.52. The Labute approximate surface area is 75.6 Å². The molecule has 0 aliphatic rings. The van der Waals surface area contributed by atoms with Gasteiger partial charge >= 0.3 is 0 Å². The van der Waals surface area contributed by atoms with Crippen LogP contribution in [0.25, 0.3) is 0 Å². The molecule has 2 nitrogen and oxygen atoms in total. The molecule has 62 valence electrons. The summed E-state index contributed by atoms with van der Waals surface area (Å²) in [6.07, 6.45) is 2.82. The fraction of sp³-hybridized carbons (Fsp3) is 0.571. The first-order chi connectivity index (χ1) is 5.36. The van der Waals surface area contributed by atoms with E-state index in [1.54, 1.807) is 17.5 Å². The number of hydrogen-bond donors (Lipinski definition) is 1. The molecular weight excluding hydrogens is 180 g/mol. The molecule has 1 rings (SSSR count). The molecule has 0 radical (unpaired) electrons. The lowest BCUT2D eigenvalue weighted by molar-refractivity contribution is 0.769. The summed E-state index contributed by atoms with van der Waals surface area (Å²) < 4.78 is 0. The molecule has 0 amide bonds. The highest BCUT2D eigenvalue weighted by Gasteiger charge is 2.04. The normalized spacial score (nSPS) is 12.9. The Kier molecular flexibility index (Phi) is 3.66. The minimum Gasteiger partial charge on any atom is -0.358 e. The minimum atomic E-state index is 0.350. The van der Waals surface area contributed by atoms with Crippen molar-refractivity contribution in [1.29, 1.82) is 0 Å². The summed E-state index contributed by atoms with van der Waals surface area (Å²) in [6.45, 7) is 2.10. The summed E-state index contributed by atoms with van der Waals surface area (Å²) in [7, 11) is 0. The van der Waals surface area contributed by atoms with E-state index in [-0.39, 0.29) is 0 Å². The number of halogens is 1. The van der Waals surface area contributed by atoms with Crippen LogP contribution < -0.4 is 5.32 Å². The predicted molar refractivity (Wildman–Crippen MR) is 50.5 cm³/mol. The Bertz CT molecular complexity index is 184. The molecule has 0 saturated carbocycles. The lowest BCUT2D eigenvalue weighted by atomic mass is 10.3. The monoisotopic (exact) mass is 190 g/mol. The van der Waals surface area contributed by atoms with Crippen molar-refractivity contribution >= 4 is 28.1 Å². The van der Waals surface area contributed by atoms with Gasteiger partial charge in [-0.3, -0.25) is 0 Å². The second kappa shape index (κ2) is 4.57. The molecule has 0 spiro atoms. The molecule has 0 aliphatic heterocycles. The zero-order chi connectivity index (χ0) is 8.10. The highest BCUT2D eigenvalue weighted by atomic mass is 35.5. The van der Waals surface area contributed by atoms with Crippen molar-refractivity contribution in [2.45, 2.75) is 19.4 Å². The largest absolute Gasteiger partial charge is 0.358 e. The minimum absolute atomic E-state index is 0.350. The number of alkyl halides is 1. The number of aromatic nitrogens is 1. The van der Waals surface area contributed by atoms with Gasteiger partial charge in [-0.1, -0.05) is 6.92 Å². The maximum atomic E-state index is 5.70. The highest BCUT2D eigenvalue weighted by Crippen LogP contribution is 2.13. The van der Waals surface area contributed by atoms with Crippen molar-refractivity contribution in [3.05, 3.63) is 11.6 Å². The molecule has 0 bridgehead atoms. The predicted octanol–water partition coefficient (Wildman–Crippen LogP) is 2.57. The molecule has 0 aromatic carbocycles. The maximum absolute atomic E-state index is 5.70. The van der Waals surface area contributed by atoms with Crippen LogP contribution in [0, 0.1) is 0 Å². The van der Waals surface area contributed by atoms with Gasteiger partial charge in [0.25, 0.3) is 0 Å². The molecule has 1 aromatic rings. The Morgan fingerprint density at radius 2 is 2.64 bits per heavy atom. The lowest BCUT2D eigenvalue weighted by Crippen LogP contribution is -2.19. The number of rotatable bonds is 4. The van der Waals surface area contributed by atoms with E-state index in [4.69, 9.17) is 11.6 Å². The quantitative estimate of drug-likeness (QED) is 0.739. The van der Waals surface area contributed by atoms with E-state index in [0.717, 1.165) is 11.6 Å². The Morgan fingerprint density at radius 1 is 1.82 bits per heavy atom. The van der Waals surface area contributed by atoms with Gasteiger partial charge in [-0.15, -0.1) is 22.9 Å². The second-order valence-electron chi connectivity index (χ2n) is 2.24. The topological polar surface area (TPSA) is 24.9 Å². The van der Waals surface area contributed by atoms with Crippen LogP contribution in [0.4, 0.5) is 5.13 Å². The van der Waals surface area contributed by atoms with Crippen LogP contribution in [0.2, 0.25) is 0 Å². The second-order valence-corrected chi connectivity index (χ2v) is 3.44. The third kappa shape index (κ3) is 2.67. The van der Waals surface area contributed by atoms with E-state index in [9.17, 15) is 0 Å². The van der Waals surface area contributed by atoms with E-state index in [0.29, 0.717) is 11.9 Å². The Balaban J connectivity index is 2.41. The van der Waals surface area contributed by atoms with E-state index in [1.165, 1.54) is 0 Å². The molecule has 1 aromatic heterocycles. The van der Waals surface area contributed by atoms with Crippen molar-refractivity contribution in [3.8, 4) is 0 Å². The van der Waals surface area contributed by atoms with Crippen LogP contribution in [0.3, 0.4) is 0 Å². The van der Waals surface area contributed by atoms with Crippen molar-refractivity contribution < 1.29 is 0 Å². The molecule has 11 heavy (non-hydrogen) atoms. The van der Waals surface area contributed by atoms with E-state index in [1.807, 2.05) is 5.38 Å². The fourth-order valence-electron chi connectivity index (χ4n) is 0.719. The number of thiazole rings is 1. The first-order valence-electron chi connectivity index (χ1n) is 3.58. The Hall–Kier alpha value is -0.280. The van der Waals surface area contributed by atoms with Gasteiger partial charge in [-0.05, 0) is 6.42 Å². The molecule has 0 saturated heterocycles. The Morgan fingerprint density at radius 3 is 3.09 bits per heavy atom. The lowest BCUT2D eigenvalue weighted by Gasteiger charge is -2.11. The van der Waals surface area contributed by atoms with Crippen molar-refractivity contribution in [2.24, 2.45) is 0 Å². The van der Waals surface area contributed by atoms with Gasteiger partial charge in [0.15, 0.2) is 5.13 Å². The van der Waals surface area contributed by atoms with Gasteiger partial charge < -0.3 is 5.32 Å². The van der Waals surface area contributed by atoms with Crippen molar-refractivity contribution in [2.75, 3.05) is 11.2 Å². The fourth-order valence-corrected chi connectivity index (χ4v) is 1.62. The summed E-state index contributed by atoms with van der Waals surface area (Å²) in [5.74, 6) is 0.635. The third-order valence-electron chi connectivity index (χ3n) is 1.44. The number of nitrogens with zero attached hydrogens (tertiary/aromatic N) is 1. The maximum Gasteiger partial charge on any atom is 0.182 e. The van der Waals surface area contributed by atoms with Crippen LogP contribution in [-0.4, -0.2) is 16.9 Å². The molecule has 4 heteroatoms. The molecule has 1 atom stereocenters. The number of anilines is 1. The summed E-state index contributed by atoms with van der Waals surface area (Å²) >= 11 is 7.30. The van der Waals surface area contributed by atoms with E-state index >= 15 is 0 Å². The summed E-state index contributed by atoms with van der Waals surface area (Å²) in [5, 5.41) is 6.14. The van der Waals surface area contributed by atoms with Crippen molar-refractivity contribution in [3.63, 3.8) is 0 Å². The standard InChI is InChI=1S/C7H11ClN2S/c1-2-6(5-8)10-7-9-3-4-11-7/h3-4,6H,2,5H2,1H3,(H,9,10). The van der Waals surface area contributed by atoms with E-state index in [2.05, 4.69) is 17.2 Å². The van der Waals surface area contributed by atoms with Gasteiger partial charge in [0.2, 0.25) is 0 Å². The first-order valence-corrected chi connectivity index (χ1v) is 5.00. The summed E-state index contributed by atoms with van der Waals surface area (Å²) in [6, 6.07) is 0.350. The van der Waals surface area contributed by atoms with Gasteiger partial charge in [-0.25, -0.2) is 4.98 Å². The number of hydrogen-bond acceptors (Lipinski definition) is 3. The summed E-state index contributed by atoms with van der Waals surface area (Å²) in [4.78, 5) is 4.10. The third-order valence-corrected chi connectivity index (χ3v) is 2.52. The van der Waals surface area contributed by atoms with Crippen LogP contribution >= 0.6 is 22.9 Å². The molecule has 0 fully saturated rings. The van der Waals surface area contributed by atoms with Gasteiger partial charge in [-0.2, -0.15) is 0 Å². The number of nitrogens with one attached hydrogen (secondary N) is 1. The van der Waals surface area contributed by atoms with Gasteiger partial charge in [0, 0.05) is 23.5 Å². The van der Waals surface area contributed by atoms with Crippen LogP contribution in [-0.2, 0) is 0 Å². The average molecular weight is 191 g/mol. The smallest absolute Gasteiger partial charge is 0.182 e. The molecule has 1 unspecified atom stereocenters. The zero-order valence-electron chi connectivity index (χ0n) is 6.38. The zero-order valence-corrected chi connectivity index (χ0v) is 7.95. The van der Waals surface area contributed by atoms with Crippen molar-refractivity contribution in [1.82, 2.24) is 4.98 Å². The molecular formula is C7H11ClN2S. The van der Waals surface area contributed by atoms with Gasteiger partial charge in [0.1, 0.15) is 0 Å². The first kappa shape index (κ1) is 8.81. The SMILES string of the molecule is CCC(CCl)Nc1nccs1. The highest BCUT2D eigenvalue weighted by molar-refractivity contribution is 7.13.